The lowest BCUT2D eigenvalue weighted by Crippen LogP contribution is -2.60. The molecule has 0 aliphatic carbocycles. The van der Waals surface area contributed by atoms with Crippen molar-refractivity contribution >= 4 is 11.8 Å². The number of rotatable bonds is 4. The van der Waals surface area contributed by atoms with Crippen molar-refractivity contribution in [1.29, 1.82) is 0 Å². The molecule has 9 heteroatoms. The molecule has 5 heterocycles. The Morgan fingerprint density at radius 2 is 2.09 bits per heavy atom. The summed E-state index contributed by atoms with van der Waals surface area (Å²) < 4.78 is 7.79. The maximum absolute atomic E-state index is 13.9. The number of ether oxygens (including phenoxy) is 1. The van der Waals surface area contributed by atoms with Gasteiger partial charge < -0.3 is 14.5 Å². The molecule has 9 nitrogen and oxygen atoms in total. The Bertz CT molecular complexity index is 1120. The number of likely N-dealkylation sites (tertiary alicyclic amines) is 1. The van der Waals surface area contributed by atoms with Gasteiger partial charge in [0, 0.05) is 50.8 Å². The van der Waals surface area contributed by atoms with Gasteiger partial charge in [0.05, 0.1) is 25.4 Å². The molecule has 2 aliphatic rings. The number of carbonyl (C=O) groups is 2. The first-order valence-electron chi connectivity index (χ1n) is 10.6. The van der Waals surface area contributed by atoms with E-state index in [1.54, 1.807) is 52.4 Å². The quantitative estimate of drug-likeness (QED) is 0.616. The minimum Gasteiger partial charge on any atom is -0.361 e. The fraction of sp³-hybridized carbons (Fsp3) is 0.348. The maximum atomic E-state index is 13.9. The molecule has 0 unspecified atom stereocenters. The van der Waals surface area contributed by atoms with Crippen LogP contribution < -0.4 is 0 Å². The zero-order valence-corrected chi connectivity index (χ0v) is 17.8. The number of aryl methyl sites for hydroxylation is 1. The van der Waals surface area contributed by atoms with Crippen LogP contribution in [0.15, 0.2) is 61.2 Å². The minimum absolute atomic E-state index is 0.122. The van der Waals surface area contributed by atoms with Gasteiger partial charge in [-0.25, -0.2) is 0 Å². The van der Waals surface area contributed by atoms with Crippen molar-refractivity contribution in [3.63, 3.8) is 0 Å². The average Bonchev–Trinajstić information content (AvgIpc) is 3.42. The summed E-state index contributed by atoms with van der Waals surface area (Å²) in [5, 5.41) is 4.11. The van der Waals surface area contributed by atoms with E-state index < -0.39 is 5.60 Å². The van der Waals surface area contributed by atoms with Gasteiger partial charge in [0.2, 0.25) is 0 Å². The summed E-state index contributed by atoms with van der Waals surface area (Å²) in [4.78, 5) is 39.2. The molecular weight excluding hydrogens is 408 g/mol. The number of amides is 2. The Hall–Kier alpha value is -3.59. The Morgan fingerprint density at radius 3 is 2.81 bits per heavy atom. The predicted molar refractivity (Wildman–Crippen MR) is 114 cm³/mol. The van der Waals surface area contributed by atoms with Gasteiger partial charge >= 0.3 is 0 Å². The normalized spacial score (nSPS) is 23.2. The van der Waals surface area contributed by atoms with E-state index in [4.69, 9.17) is 4.74 Å². The predicted octanol–water partition coefficient (Wildman–Crippen LogP) is 1.25. The molecule has 0 N–H and O–H groups in total. The van der Waals surface area contributed by atoms with Crippen LogP contribution in [0.2, 0.25) is 0 Å². The number of morpholine rings is 1. The SMILES string of the molecule is Cn1nccc1C(=O)N1C[C@H](c2cccnc2)[C@@]2(C1)OCCN(Cc1ccccn1)C2=O. The van der Waals surface area contributed by atoms with E-state index >= 15 is 0 Å². The molecule has 0 radical (unpaired) electrons. The smallest absolute Gasteiger partial charge is 0.272 e. The first-order valence-corrected chi connectivity index (χ1v) is 10.6. The van der Waals surface area contributed by atoms with Crippen molar-refractivity contribution in [2.24, 2.45) is 7.05 Å². The van der Waals surface area contributed by atoms with Crippen molar-refractivity contribution in [1.82, 2.24) is 29.5 Å². The molecule has 0 bridgehead atoms. The van der Waals surface area contributed by atoms with E-state index in [2.05, 4.69) is 15.1 Å². The zero-order chi connectivity index (χ0) is 22.1. The second-order valence-corrected chi connectivity index (χ2v) is 8.15. The molecule has 3 aromatic rings. The maximum Gasteiger partial charge on any atom is 0.272 e. The summed E-state index contributed by atoms with van der Waals surface area (Å²) in [6.45, 7) is 1.81. The molecule has 1 spiro atoms. The second-order valence-electron chi connectivity index (χ2n) is 8.15. The monoisotopic (exact) mass is 432 g/mol. The highest BCUT2D eigenvalue weighted by Crippen LogP contribution is 2.42. The lowest BCUT2D eigenvalue weighted by molar-refractivity contribution is -0.172. The highest BCUT2D eigenvalue weighted by Gasteiger charge is 2.58. The van der Waals surface area contributed by atoms with Gasteiger partial charge in [-0.2, -0.15) is 5.10 Å². The van der Waals surface area contributed by atoms with Crippen LogP contribution in [0.1, 0.15) is 27.7 Å². The molecule has 5 rings (SSSR count). The van der Waals surface area contributed by atoms with Gasteiger partial charge in [0.25, 0.3) is 11.8 Å². The molecule has 164 valence electrons. The van der Waals surface area contributed by atoms with Crippen molar-refractivity contribution in [2.75, 3.05) is 26.2 Å². The summed E-state index contributed by atoms with van der Waals surface area (Å²) in [5.41, 5.74) is 1.00. The molecule has 2 fully saturated rings. The molecule has 0 aromatic carbocycles. The molecule has 0 saturated carbocycles. The second kappa shape index (κ2) is 8.16. The standard InChI is InChI=1S/C23H24N6O3/c1-27-20(7-10-26-27)21(30)29-15-19(17-5-4-8-24-13-17)23(16-29)22(31)28(11-12-32-23)14-18-6-2-3-9-25-18/h2-10,13,19H,11-12,14-16H2,1H3/t19-,23-/m1/s1. The summed E-state index contributed by atoms with van der Waals surface area (Å²) in [5.74, 6) is -0.620. The lowest BCUT2D eigenvalue weighted by atomic mass is 9.83. The van der Waals surface area contributed by atoms with E-state index in [1.807, 2.05) is 30.3 Å². The fourth-order valence-electron chi connectivity index (χ4n) is 4.65. The first-order chi connectivity index (χ1) is 15.6. The molecule has 32 heavy (non-hydrogen) atoms. The number of carbonyl (C=O) groups excluding carboxylic acids is 2. The summed E-state index contributed by atoms with van der Waals surface area (Å²) in [6.07, 6.45) is 6.76. The van der Waals surface area contributed by atoms with Crippen LogP contribution in [-0.2, 0) is 23.1 Å². The van der Waals surface area contributed by atoms with E-state index in [1.165, 1.54) is 0 Å². The van der Waals surface area contributed by atoms with Crippen LogP contribution in [0.3, 0.4) is 0 Å². The number of hydrogen-bond donors (Lipinski definition) is 0. The van der Waals surface area contributed by atoms with E-state index in [9.17, 15) is 9.59 Å². The topological polar surface area (TPSA) is 93.4 Å². The number of aromatic nitrogens is 4. The van der Waals surface area contributed by atoms with Crippen molar-refractivity contribution in [3.05, 3.63) is 78.1 Å². The molecule has 2 aliphatic heterocycles. The summed E-state index contributed by atoms with van der Waals surface area (Å²) >= 11 is 0. The van der Waals surface area contributed by atoms with Crippen LogP contribution in [0, 0.1) is 0 Å². The number of pyridine rings is 2. The Labute approximate surface area is 185 Å². The summed E-state index contributed by atoms with van der Waals surface area (Å²) in [6, 6.07) is 11.1. The van der Waals surface area contributed by atoms with Gasteiger partial charge in [-0.1, -0.05) is 12.1 Å². The van der Waals surface area contributed by atoms with Gasteiger partial charge in [0.1, 0.15) is 5.69 Å². The van der Waals surface area contributed by atoms with E-state index in [0.717, 1.165) is 11.3 Å². The zero-order valence-electron chi connectivity index (χ0n) is 17.8. The van der Waals surface area contributed by atoms with Gasteiger partial charge in [-0.3, -0.25) is 24.2 Å². The highest BCUT2D eigenvalue weighted by atomic mass is 16.5. The number of hydrogen-bond acceptors (Lipinski definition) is 6. The van der Waals surface area contributed by atoms with Crippen LogP contribution in [-0.4, -0.2) is 73.2 Å². The molecule has 2 atom stereocenters. The Morgan fingerprint density at radius 1 is 1.19 bits per heavy atom. The van der Waals surface area contributed by atoms with Gasteiger partial charge in [-0.05, 0) is 29.8 Å². The van der Waals surface area contributed by atoms with Gasteiger partial charge in [-0.15, -0.1) is 0 Å². The Balaban J connectivity index is 1.49. The third-order valence-electron chi connectivity index (χ3n) is 6.25. The Kier molecular flexibility index (Phi) is 5.18. The molecule has 2 amide bonds. The minimum atomic E-state index is -1.16. The van der Waals surface area contributed by atoms with E-state index in [-0.39, 0.29) is 24.3 Å². The van der Waals surface area contributed by atoms with Crippen LogP contribution in [0.25, 0.3) is 0 Å². The largest absolute Gasteiger partial charge is 0.361 e. The molecular formula is C23H24N6O3. The third-order valence-corrected chi connectivity index (χ3v) is 6.25. The fourth-order valence-corrected chi connectivity index (χ4v) is 4.65. The van der Waals surface area contributed by atoms with Crippen molar-refractivity contribution in [2.45, 2.75) is 18.1 Å². The molecule has 3 aromatic heterocycles. The van der Waals surface area contributed by atoms with E-state index in [0.29, 0.717) is 31.9 Å². The van der Waals surface area contributed by atoms with Crippen molar-refractivity contribution in [3.8, 4) is 0 Å². The lowest BCUT2D eigenvalue weighted by Gasteiger charge is -2.42. The van der Waals surface area contributed by atoms with Gasteiger partial charge in [0.15, 0.2) is 5.60 Å². The van der Waals surface area contributed by atoms with Crippen LogP contribution >= 0.6 is 0 Å². The number of nitrogens with zero attached hydrogens (tertiary/aromatic N) is 6. The van der Waals surface area contributed by atoms with Crippen LogP contribution in [0.5, 0.6) is 0 Å². The van der Waals surface area contributed by atoms with Crippen LogP contribution in [0.4, 0.5) is 0 Å². The third kappa shape index (κ3) is 3.44. The first kappa shape index (κ1) is 20.3. The average molecular weight is 432 g/mol. The summed E-state index contributed by atoms with van der Waals surface area (Å²) in [7, 11) is 1.73. The van der Waals surface area contributed by atoms with Crippen molar-refractivity contribution < 1.29 is 14.3 Å². The highest BCUT2D eigenvalue weighted by molar-refractivity contribution is 5.95. The molecule has 2 saturated heterocycles.